The van der Waals surface area contributed by atoms with Crippen LogP contribution in [0, 0.1) is 0 Å². The Hall–Kier alpha value is -2.73. The highest BCUT2D eigenvalue weighted by Crippen LogP contribution is 2.46. The first kappa shape index (κ1) is 21.0. The molecule has 1 aliphatic heterocycles. The lowest BCUT2D eigenvalue weighted by Crippen LogP contribution is -2.35. The Morgan fingerprint density at radius 2 is 2.00 bits per heavy atom. The lowest BCUT2D eigenvalue weighted by Gasteiger charge is -2.31. The molecule has 0 amide bonds. The number of methoxy groups -OCH3 is 1. The molecule has 12 heteroatoms. The molecule has 156 valence electrons. The highest BCUT2D eigenvalue weighted by molar-refractivity contribution is 7.96. The summed E-state index contributed by atoms with van der Waals surface area (Å²) >= 11 is 0. The molecule has 3 rings (SSSR count). The van der Waals surface area contributed by atoms with Crippen LogP contribution >= 0.6 is 0 Å². The topological polar surface area (TPSA) is 71.9 Å². The number of ether oxygens (including phenoxy) is 1. The minimum absolute atomic E-state index is 0.0784. The summed E-state index contributed by atoms with van der Waals surface area (Å²) < 4.78 is 85.7. The van der Waals surface area contributed by atoms with E-state index in [1.165, 1.54) is 24.4 Å². The van der Waals surface area contributed by atoms with E-state index < -0.39 is 57.6 Å². The van der Waals surface area contributed by atoms with Crippen molar-refractivity contribution in [2.75, 3.05) is 18.0 Å². The predicted molar refractivity (Wildman–Crippen MR) is 94.3 cm³/mol. The zero-order valence-electron chi connectivity index (χ0n) is 14.6. The van der Waals surface area contributed by atoms with Crippen molar-refractivity contribution < 1.29 is 41.1 Å². The van der Waals surface area contributed by atoms with Crippen LogP contribution in [0.3, 0.4) is 0 Å². The van der Waals surface area contributed by atoms with E-state index in [1.54, 1.807) is 0 Å². The third kappa shape index (κ3) is 3.65. The molecule has 0 bridgehead atoms. The molecular weight excluding hydrogens is 423 g/mol. The van der Waals surface area contributed by atoms with Gasteiger partial charge in [-0.15, -0.1) is 4.94 Å². The van der Waals surface area contributed by atoms with Crippen LogP contribution in [0.25, 0.3) is 10.7 Å². The average molecular weight is 436 g/mol. The van der Waals surface area contributed by atoms with E-state index in [2.05, 4.69) is 9.93 Å². The maximum Gasteiger partial charge on any atom is 0.417 e. The fourth-order valence-corrected chi connectivity index (χ4v) is 4.33. The van der Waals surface area contributed by atoms with Crippen molar-refractivity contribution in [3.05, 3.63) is 53.3 Å². The largest absolute Gasteiger partial charge is 0.504 e. The molecule has 2 heterocycles. The first-order valence-corrected chi connectivity index (χ1v) is 9.05. The number of alkyl halides is 4. The Morgan fingerprint density at radius 3 is 2.62 bits per heavy atom. The van der Waals surface area contributed by atoms with Crippen molar-refractivity contribution >= 4 is 27.3 Å². The second-order valence-electron chi connectivity index (χ2n) is 5.73. The molecule has 1 N–H and O–H groups in total. The molecule has 1 atom stereocenters. The van der Waals surface area contributed by atoms with Crippen LogP contribution in [0.5, 0.6) is 5.75 Å². The summed E-state index contributed by atoms with van der Waals surface area (Å²) in [5.41, 5.74) is -2.11. The van der Waals surface area contributed by atoms with E-state index in [0.29, 0.717) is 4.31 Å². The van der Waals surface area contributed by atoms with Crippen molar-refractivity contribution in [1.82, 2.24) is 4.98 Å². The minimum atomic E-state index is -4.54. The van der Waals surface area contributed by atoms with Gasteiger partial charge in [-0.2, -0.15) is 8.78 Å². The number of hydrogen-bond acceptors (Lipinski definition) is 5. The van der Waals surface area contributed by atoms with Gasteiger partial charge in [0.25, 0.3) is 6.43 Å². The molecule has 1 aromatic heterocycles. The highest BCUT2D eigenvalue weighted by atomic mass is 32.2. The van der Waals surface area contributed by atoms with Gasteiger partial charge in [-0.25, -0.2) is 13.0 Å². The fraction of sp³-hybridized carbons (Fsp3) is 0.235. The number of aromatic nitrogens is 1. The number of nitrogens with zero attached hydrogens (tertiary/aromatic N) is 2. The van der Waals surface area contributed by atoms with Gasteiger partial charge in [0.2, 0.25) is 0 Å². The molecule has 0 saturated carbocycles. The van der Waals surface area contributed by atoms with Gasteiger partial charge in [0.05, 0.1) is 19.3 Å². The third-order valence-corrected chi connectivity index (χ3v) is 5.56. The molecule has 0 spiro atoms. The smallest absolute Gasteiger partial charge is 0.417 e. The van der Waals surface area contributed by atoms with Gasteiger partial charge < -0.3 is 9.84 Å². The van der Waals surface area contributed by atoms with Crippen molar-refractivity contribution in [3.8, 4) is 5.75 Å². The average Bonchev–Trinajstić information content (AvgIpc) is 2.70. The monoisotopic (exact) mass is 436 g/mol. The van der Waals surface area contributed by atoms with Crippen molar-refractivity contribution in [2.45, 2.75) is 12.5 Å². The molecular formula is C17H13F5N2O4S. The van der Waals surface area contributed by atoms with E-state index in [4.69, 9.17) is 4.74 Å². The van der Waals surface area contributed by atoms with Gasteiger partial charge in [0.15, 0.2) is 16.7 Å². The van der Waals surface area contributed by atoms with Crippen molar-refractivity contribution in [3.63, 3.8) is 0 Å². The SMILES string of the molecule is COc1cccc(C2=C(O)c3ncccc3N(CC(F)F)S2=O)c1C(F)(F)OF. The summed E-state index contributed by atoms with van der Waals surface area (Å²) in [6.45, 7) is -1.03. The zero-order chi connectivity index (χ0) is 21.3. The first-order valence-electron chi connectivity index (χ1n) is 7.94. The second kappa shape index (κ2) is 7.95. The van der Waals surface area contributed by atoms with Crippen LogP contribution in [0.15, 0.2) is 36.5 Å². The van der Waals surface area contributed by atoms with E-state index in [9.17, 15) is 31.4 Å². The molecule has 29 heavy (non-hydrogen) atoms. The summed E-state index contributed by atoms with van der Waals surface area (Å²) in [5.74, 6) is -1.32. The van der Waals surface area contributed by atoms with E-state index in [1.807, 2.05) is 0 Å². The number of aliphatic hydroxyl groups is 1. The quantitative estimate of drug-likeness (QED) is 0.689. The van der Waals surface area contributed by atoms with Crippen molar-refractivity contribution in [2.24, 2.45) is 0 Å². The fourth-order valence-electron chi connectivity index (χ4n) is 2.91. The number of benzene rings is 1. The zero-order valence-corrected chi connectivity index (χ0v) is 15.4. The Kier molecular flexibility index (Phi) is 5.75. The summed E-state index contributed by atoms with van der Waals surface area (Å²) in [4.78, 5) is 5.97. The molecule has 0 aliphatic carbocycles. The minimum Gasteiger partial charge on any atom is -0.504 e. The molecule has 1 aromatic carbocycles. The van der Waals surface area contributed by atoms with Gasteiger partial charge in [0.1, 0.15) is 21.9 Å². The normalized spacial score (nSPS) is 16.9. The number of halogens is 5. The molecule has 2 aromatic rings. The molecule has 1 aliphatic rings. The summed E-state index contributed by atoms with van der Waals surface area (Å²) in [6.07, 6.45) is -6.25. The Morgan fingerprint density at radius 1 is 1.28 bits per heavy atom. The van der Waals surface area contributed by atoms with Crippen LogP contribution in [-0.2, 0) is 22.0 Å². The van der Waals surface area contributed by atoms with Gasteiger partial charge in [-0.3, -0.25) is 9.29 Å². The van der Waals surface area contributed by atoms with Crippen LogP contribution in [0.2, 0.25) is 0 Å². The number of rotatable bonds is 6. The predicted octanol–water partition coefficient (Wildman–Crippen LogP) is 4.17. The first-order chi connectivity index (χ1) is 13.7. The Labute approximate surface area is 163 Å². The van der Waals surface area contributed by atoms with E-state index >= 15 is 0 Å². The Balaban J connectivity index is 2.33. The highest BCUT2D eigenvalue weighted by Gasteiger charge is 2.44. The van der Waals surface area contributed by atoms with Crippen LogP contribution < -0.4 is 9.04 Å². The number of pyridine rings is 1. The van der Waals surface area contributed by atoms with Gasteiger partial charge >= 0.3 is 6.11 Å². The number of anilines is 1. The standard InChI is InChI=1S/C17H13F5N2O4S/c1-27-11-6-2-4-9(13(11)17(20,21)28-22)16-15(25)14-10(5-3-7-23-14)24(29(16)26)8-12(18)19/h2-7,12,25H,8H2,1H3. The molecule has 0 radical (unpaired) electrons. The summed E-state index contributed by atoms with van der Waals surface area (Å²) in [7, 11) is -1.53. The van der Waals surface area contributed by atoms with E-state index in [-0.39, 0.29) is 11.4 Å². The lowest BCUT2D eigenvalue weighted by molar-refractivity contribution is -0.364. The van der Waals surface area contributed by atoms with E-state index in [0.717, 1.165) is 19.2 Å². The van der Waals surface area contributed by atoms with Gasteiger partial charge in [0, 0.05) is 11.8 Å². The number of hydrogen-bond donors (Lipinski definition) is 1. The second-order valence-corrected chi connectivity index (χ2v) is 7.07. The third-order valence-electron chi connectivity index (χ3n) is 4.05. The van der Waals surface area contributed by atoms with Crippen molar-refractivity contribution in [1.29, 1.82) is 0 Å². The summed E-state index contributed by atoms with van der Waals surface area (Å²) in [6, 6.07) is 5.95. The maximum atomic E-state index is 14.2. The Bertz CT molecular complexity index is 986. The van der Waals surface area contributed by atoms with Crippen LogP contribution in [0.4, 0.5) is 27.8 Å². The maximum absolute atomic E-state index is 14.2. The summed E-state index contributed by atoms with van der Waals surface area (Å²) in [5, 5.41) is 10.6. The van der Waals surface area contributed by atoms with Gasteiger partial charge in [-0.05, 0) is 22.7 Å². The van der Waals surface area contributed by atoms with Gasteiger partial charge in [-0.1, -0.05) is 12.1 Å². The molecule has 6 nitrogen and oxygen atoms in total. The number of aliphatic hydroxyl groups excluding tert-OH is 1. The van der Waals surface area contributed by atoms with Crippen LogP contribution in [0.1, 0.15) is 16.8 Å². The number of fused-ring (bicyclic) bond motifs is 1. The van der Waals surface area contributed by atoms with Crippen LogP contribution in [-0.4, -0.2) is 34.4 Å². The molecule has 1 unspecified atom stereocenters. The molecule has 0 fully saturated rings. The molecule has 0 saturated heterocycles. The lowest BCUT2D eigenvalue weighted by atomic mass is 10.0.